The van der Waals surface area contributed by atoms with Crippen molar-refractivity contribution in [3.8, 4) is 0 Å². The lowest BCUT2D eigenvalue weighted by Gasteiger charge is -2.16. The first-order chi connectivity index (χ1) is 9.11. The average molecular weight is 316 g/mol. The van der Waals surface area contributed by atoms with Crippen LogP contribution >= 0.6 is 34.5 Å². The molecule has 6 heteroatoms. The van der Waals surface area contributed by atoms with E-state index in [4.69, 9.17) is 23.2 Å². The third kappa shape index (κ3) is 3.48. The highest BCUT2D eigenvalue weighted by atomic mass is 35.5. The maximum atomic E-state index is 12.1. The number of hydrogen-bond acceptors (Lipinski definition) is 3. The number of nitrogens with one attached hydrogen (secondary N) is 1. The molecule has 19 heavy (non-hydrogen) atoms. The fraction of sp³-hybridized carbons (Fsp3) is 0.154. The lowest BCUT2D eigenvalue weighted by molar-refractivity contribution is 0.0917. The van der Waals surface area contributed by atoms with E-state index in [2.05, 4.69) is 5.32 Å². The molecule has 0 aliphatic heterocycles. The van der Waals surface area contributed by atoms with Crippen molar-refractivity contribution in [1.82, 2.24) is 5.32 Å². The van der Waals surface area contributed by atoms with E-state index in [-0.39, 0.29) is 12.5 Å². The molecule has 0 aliphatic carbocycles. The van der Waals surface area contributed by atoms with Crippen molar-refractivity contribution in [2.75, 3.05) is 6.61 Å². The molecular formula is C13H11Cl2NO2S. The highest BCUT2D eigenvalue weighted by Gasteiger charge is 2.18. The van der Waals surface area contributed by atoms with E-state index < -0.39 is 6.04 Å². The number of aliphatic hydroxyl groups is 1. The van der Waals surface area contributed by atoms with Crippen molar-refractivity contribution in [1.29, 1.82) is 0 Å². The molecule has 1 aromatic heterocycles. The zero-order chi connectivity index (χ0) is 13.8. The second-order valence-electron chi connectivity index (χ2n) is 3.86. The van der Waals surface area contributed by atoms with E-state index in [0.717, 1.165) is 16.9 Å². The predicted octanol–water partition coefficient (Wildman–Crippen LogP) is 3.52. The highest BCUT2D eigenvalue weighted by Crippen LogP contribution is 2.31. The van der Waals surface area contributed by atoms with Crippen LogP contribution in [-0.4, -0.2) is 17.6 Å². The van der Waals surface area contributed by atoms with E-state index in [9.17, 15) is 9.90 Å². The van der Waals surface area contributed by atoms with Crippen LogP contribution in [0.4, 0.5) is 0 Å². The van der Waals surface area contributed by atoms with Gasteiger partial charge in [-0.25, -0.2) is 0 Å². The van der Waals surface area contributed by atoms with Gasteiger partial charge in [0.05, 0.1) is 22.5 Å². The molecule has 2 rings (SSSR count). The number of thiophene rings is 1. The smallest absolute Gasteiger partial charge is 0.254 e. The number of carbonyl (C=O) groups excluding carboxylic acids is 1. The Hall–Kier alpha value is -1.07. The first kappa shape index (κ1) is 14.3. The molecule has 0 spiro atoms. The summed E-state index contributed by atoms with van der Waals surface area (Å²) >= 11 is 12.9. The molecule has 1 amide bonds. The summed E-state index contributed by atoms with van der Waals surface area (Å²) in [5, 5.41) is 12.1. The van der Waals surface area contributed by atoms with Crippen LogP contribution in [0.2, 0.25) is 8.67 Å². The van der Waals surface area contributed by atoms with Gasteiger partial charge in [0.1, 0.15) is 4.34 Å². The molecule has 1 unspecified atom stereocenters. The summed E-state index contributed by atoms with van der Waals surface area (Å²) in [6.07, 6.45) is 0. The minimum Gasteiger partial charge on any atom is -0.394 e. The van der Waals surface area contributed by atoms with Gasteiger partial charge in [0.25, 0.3) is 5.91 Å². The monoisotopic (exact) mass is 315 g/mol. The van der Waals surface area contributed by atoms with Gasteiger partial charge in [0.2, 0.25) is 0 Å². The summed E-state index contributed by atoms with van der Waals surface area (Å²) in [6, 6.07) is 10.3. The summed E-state index contributed by atoms with van der Waals surface area (Å²) < 4.78 is 0.794. The van der Waals surface area contributed by atoms with Gasteiger partial charge in [-0.15, -0.1) is 11.3 Å². The normalized spacial score (nSPS) is 12.2. The van der Waals surface area contributed by atoms with Gasteiger partial charge in [-0.1, -0.05) is 53.5 Å². The molecule has 1 heterocycles. The van der Waals surface area contributed by atoms with Gasteiger partial charge in [0.15, 0.2) is 0 Å². The van der Waals surface area contributed by atoms with Gasteiger partial charge in [-0.2, -0.15) is 0 Å². The molecule has 0 saturated heterocycles. The summed E-state index contributed by atoms with van der Waals surface area (Å²) in [7, 11) is 0. The fourth-order valence-corrected chi connectivity index (χ4v) is 3.11. The van der Waals surface area contributed by atoms with Gasteiger partial charge in [0, 0.05) is 0 Å². The number of carbonyl (C=O) groups is 1. The minimum absolute atomic E-state index is 0.189. The standard InChI is InChI=1S/C13H11Cl2NO2S/c14-11-6-9(12(15)19-11)13(18)16-10(7-17)8-4-2-1-3-5-8/h1-6,10,17H,7H2,(H,16,18). The van der Waals surface area contributed by atoms with Crippen LogP contribution in [0.1, 0.15) is 22.0 Å². The SMILES string of the molecule is O=C(NC(CO)c1ccccc1)c1cc(Cl)sc1Cl. The summed E-state index contributed by atoms with van der Waals surface area (Å²) in [5.74, 6) is -0.351. The van der Waals surface area contributed by atoms with Crippen LogP contribution in [0.3, 0.4) is 0 Å². The molecule has 100 valence electrons. The molecule has 2 aromatic rings. The van der Waals surface area contributed by atoms with Crippen molar-refractivity contribution in [3.05, 3.63) is 56.2 Å². The fourth-order valence-electron chi connectivity index (χ4n) is 1.65. The number of hydrogen-bond donors (Lipinski definition) is 2. The first-order valence-electron chi connectivity index (χ1n) is 5.53. The summed E-state index contributed by atoms with van der Waals surface area (Å²) in [5.41, 5.74) is 1.15. The Morgan fingerprint density at radius 2 is 2.00 bits per heavy atom. The van der Waals surface area contributed by atoms with Crippen LogP contribution in [0.5, 0.6) is 0 Å². The van der Waals surface area contributed by atoms with E-state index in [1.54, 1.807) is 0 Å². The molecule has 3 nitrogen and oxygen atoms in total. The van der Waals surface area contributed by atoms with Crippen molar-refractivity contribution in [3.63, 3.8) is 0 Å². The highest BCUT2D eigenvalue weighted by molar-refractivity contribution is 7.20. The van der Waals surface area contributed by atoms with Crippen molar-refractivity contribution in [2.24, 2.45) is 0 Å². The van der Waals surface area contributed by atoms with Crippen LogP contribution in [-0.2, 0) is 0 Å². The predicted molar refractivity (Wildman–Crippen MR) is 78.1 cm³/mol. The quantitative estimate of drug-likeness (QED) is 0.907. The van der Waals surface area contributed by atoms with E-state index in [1.165, 1.54) is 6.07 Å². The first-order valence-corrected chi connectivity index (χ1v) is 7.10. The van der Waals surface area contributed by atoms with Crippen LogP contribution in [0, 0.1) is 0 Å². The van der Waals surface area contributed by atoms with Crippen LogP contribution < -0.4 is 5.32 Å². The van der Waals surface area contributed by atoms with Crippen LogP contribution in [0.25, 0.3) is 0 Å². The Labute approximate surface area is 124 Å². The molecule has 2 N–H and O–H groups in total. The van der Waals surface area contributed by atoms with Crippen molar-refractivity contribution >= 4 is 40.4 Å². The topological polar surface area (TPSA) is 49.3 Å². The minimum atomic E-state index is -0.469. The number of halogens is 2. The molecule has 0 fully saturated rings. The Bertz CT molecular complexity index is 571. The molecule has 0 aliphatic rings. The zero-order valence-corrected chi connectivity index (χ0v) is 12.1. The third-order valence-corrected chi connectivity index (χ3v) is 4.08. The Morgan fingerprint density at radius 3 is 2.53 bits per heavy atom. The second kappa shape index (κ2) is 6.39. The molecule has 1 atom stereocenters. The number of aliphatic hydroxyl groups excluding tert-OH is 1. The van der Waals surface area contributed by atoms with Gasteiger partial charge in [-0.3, -0.25) is 4.79 Å². The maximum Gasteiger partial charge on any atom is 0.254 e. The largest absolute Gasteiger partial charge is 0.394 e. The van der Waals surface area contributed by atoms with E-state index >= 15 is 0 Å². The summed E-state index contributed by atoms with van der Waals surface area (Å²) in [4.78, 5) is 12.1. The maximum absolute atomic E-state index is 12.1. The van der Waals surface area contributed by atoms with Crippen molar-refractivity contribution in [2.45, 2.75) is 6.04 Å². The number of rotatable bonds is 4. The Kier molecular flexibility index (Phi) is 4.82. The zero-order valence-electron chi connectivity index (χ0n) is 9.77. The number of benzene rings is 1. The molecule has 0 bridgehead atoms. The van der Waals surface area contributed by atoms with Gasteiger partial charge >= 0.3 is 0 Å². The van der Waals surface area contributed by atoms with Crippen LogP contribution in [0.15, 0.2) is 36.4 Å². The van der Waals surface area contributed by atoms with Gasteiger partial charge < -0.3 is 10.4 Å². The van der Waals surface area contributed by atoms with E-state index in [1.807, 2.05) is 30.3 Å². The molecular weight excluding hydrogens is 305 g/mol. The third-order valence-electron chi connectivity index (χ3n) is 2.59. The molecule has 0 saturated carbocycles. The second-order valence-corrected chi connectivity index (χ2v) is 6.14. The van der Waals surface area contributed by atoms with E-state index in [0.29, 0.717) is 14.2 Å². The molecule has 0 radical (unpaired) electrons. The molecule has 1 aromatic carbocycles. The number of amides is 1. The van der Waals surface area contributed by atoms with Gasteiger partial charge in [-0.05, 0) is 11.6 Å². The Balaban J connectivity index is 2.15. The van der Waals surface area contributed by atoms with Crippen molar-refractivity contribution < 1.29 is 9.90 Å². The lowest BCUT2D eigenvalue weighted by Crippen LogP contribution is -2.30. The Morgan fingerprint density at radius 1 is 1.32 bits per heavy atom. The average Bonchev–Trinajstić information content (AvgIpc) is 2.76. The lowest BCUT2D eigenvalue weighted by atomic mass is 10.1. The summed E-state index contributed by atoms with van der Waals surface area (Å²) in [6.45, 7) is -0.189.